The van der Waals surface area contributed by atoms with Crippen LogP contribution in [0.25, 0.3) is 10.7 Å². The summed E-state index contributed by atoms with van der Waals surface area (Å²) in [7, 11) is 1.47. The van der Waals surface area contributed by atoms with E-state index in [1.165, 1.54) is 41.3 Å². The van der Waals surface area contributed by atoms with Crippen LogP contribution in [-0.2, 0) is 9.47 Å². The zero-order chi connectivity index (χ0) is 21.3. The van der Waals surface area contributed by atoms with Crippen LogP contribution in [0.2, 0.25) is 5.02 Å². The number of rotatable bonds is 6. The Morgan fingerprint density at radius 3 is 2.97 bits per heavy atom. The predicted molar refractivity (Wildman–Crippen MR) is 110 cm³/mol. The average Bonchev–Trinajstić information content (AvgIpc) is 3.43. The van der Waals surface area contributed by atoms with Crippen molar-refractivity contribution < 1.29 is 24.1 Å². The highest BCUT2D eigenvalue weighted by Crippen LogP contribution is 2.40. The van der Waals surface area contributed by atoms with Crippen LogP contribution in [0.3, 0.4) is 0 Å². The second kappa shape index (κ2) is 9.27. The van der Waals surface area contributed by atoms with Gasteiger partial charge in [-0.05, 0) is 18.2 Å². The van der Waals surface area contributed by atoms with Gasteiger partial charge in [0.1, 0.15) is 46.3 Å². The van der Waals surface area contributed by atoms with E-state index in [2.05, 4.69) is 15.3 Å². The molecule has 1 aliphatic heterocycles. The van der Waals surface area contributed by atoms with Gasteiger partial charge in [0.25, 0.3) is 0 Å². The summed E-state index contributed by atoms with van der Waals surface area (Å²) in [4.78, 5) is 4.48. The van der Waals surface area contributed by atoms with Gasteiger partial charge in [-0.3, -0.25) is 0 Å². The van der Waals surface area contributed by atoms with Crippen molar-refractivity contribution in [1.29, 1.82) is 0 Å². The molecule has 1 aromatic carbocycles. The molecule has 1 fully saturated rings. The van der Waals surface area contributed by atoms with Crippen LogP contribution < -0.4 is 0 Å². The monoisotopic (exact) mass is 472 g/mol. The molecule has 0 saturated carbocycles. The molecule has 1 aliphatic rings. The number of aromatic nitrogens is 4. The first-order valence-corrected chi connectivity index (χ1v) is 11.1. The molecule has 2 unspecified atom stereocenters. The molecule has 4 rings (SSSR count). The molecule has 0 aliphatic carbocycles. The Morgan fingerprint density at radius 2 is 2.27 bits per heavy atom. The fourth-order valence-electron chi connectivity index (χ4n) is 3.27. The summed E-state index contributed by atoms with van der Waals surface area (Å²) in [6.07, 6.45) is 0.534. The molecular formula is C18H18ClFN4O4S2. The number of thioether (sulfide) groups is 1. The van der Waals surface area contributed by atoms with E-state index in [1.54, 1.807) is 12.4 Å². The Hall–Kier alpha value is -1.60. The van der Waals surface area contributed by atoms with Gasteiger partial charge in [-0.1, -0.05) is 28.6 Å². The highest BCUT2D eigenvalue weighted by Gasteiger charge is 2.47. The first kappa shape index (κ1) is 21.6. The molecule has 0 amide bonds. The standard InChI is InChI=1S/C18H18ClFN4O4S2/c1-27-16-14(24-7-11(22-23-24)17-21-4-5-29-17)15(26)12(8-25)28-18(16)30-13-6-9(19)2-3-10(13)20/h2-7,12,14-16,18,25-26H,8H2,1H3/t12?,14-,15-,16?,18+/m0/s1. The molecule has 30 heavy (non-hydrogen) atoms. The van der Waals surface area contributed by atoms with Crippen LogP contribution in [0.5, 0.6) is 0 Å². The number of thiazole rings is 1. The zero-order valence-electron chi connectivity index (χ0n) is 15.6. The lowest BCUT2D eigenvalue weighted by Crippen LogP contribution is -2.55. The first-order valence-electron chi connectivity index (χ1n) is 8.92. The maximum atomic E-state index is 14.3. The summed E-state index contributed by atoms with van der Waals surface area (Å²) in [5, 5.41) is 31.7. The van der Waals surface area contributed by atoms with Crippen LogP contribution in [0.4, 0.5) is 4.39 Å². The summed E-state index contributed by atoms with van der Waals surface area (Å²) in [6.45, 7) is -0.433. The second-order valence-corrected chi connectivity index (χ2v) is 8.99. The third-order valence-corrected chi connectivity index (χ3v) is 6.91. The molecule has 3 aromatic rings. The molecule has 12 heteroatoms. The summed E-state index contributed by atoms with van der Waals surface area (Å²) in [5.41, 5.74) is -0.204. The lowest BCUT2D eigenvalue weighted by molar-refractivity contribution is -0.186. The fourth-order valence-corrected chi connectivity index (χ4v) is 5.33. The number of halogens is 2. The van der Waals surface area contributed by atoms with Crippen LogP contribution in [0, 0.1) is 5.82 Å². The third kappa shape index (κ3) is 4.24. The lowest BCUT2D eigenvalue weighted by atomic mass is 9.97. The van der Waals surface area contributed by atoms with E-state index < -0.39 is 42.2 Å². The van der Waals surface area contributed by atoms with Gasteiger partial charge in [0.05, 0.1) is 12.8 Å². The number of benzene rings is 1. The van der Waals surface area contributed by atoms with Gasteiger partial charge in [-0.15, -0.1) is 16.4 Å². The number of nitrogens with zero attached hydrogens (tertiary/aromatic N) is 4. The Kier molecular flexibility index (Phi) is 6.68. The topological polar surface area (TPSA) is 103 Å². The summed E-state index contributed by atoms with van der Waals surface area (Å²) < 4.78 is 27.2. The van der Waals surface area contributed by atoms with Gasteiger partial charge >= 0.3 is 0 Å². The molecule has 0 spiro atoms. The lowest BCUT2D eigenvalue weighted by Gasteiger charge is -2.43. The first-order chi connectivity index (χ1) is 14.5. The van der Waals surface area contributed by atoms with Crippen LogP contribution >= 0.6 is 34.7 Å². The summed E-state index contributed by atoms with van der Waals surface area (Å²) in [6, 6.07) is 3.47. The largest absolute Gasteiger partial charge is 0.394 e. The number of hydrogen-bond acceptors (Lipinski definition) is 9. The third-order valence-electron chi connectivity index (χ3n) is 4.70. The molecule has 3 heterocycles. The molecule has 5 atom stereocenters. The van der Waals surface area contributed by atoms with Gasteiger partial charge < -0.3 is 19.7 Å². The minimum Gasteiger partial charge on any atom is -0.394 e. The van der Waals surface area contributed by atoms with Crippen LogP contribution in [0.15, 0.2) is 40.9 Å². The zero-order valence-corrected chi connectivity index (χ0v) is 18.0. The minimum atomic E-state index is -1.13. The maximum absolute atomic E-state index is 14.3. The van der Waals surface area contributed by atoms with Crippen molar-refractivity contribution >= 4 is 34.7 Å². The minimum absolute atomic E-state index is 0.267. The fraction of sp³-hybridized carbons (Fsp3) is 0.389. The summed E-state index contributed by atoms with van der Waals surface area (Å²) in [5.74, 6) is -0.460. The number of aliphatic hydroxyl groups is 2. The van der Waals surface area contributed by atoms with Gasteiger partial charge in [0.2, 0.25) is 0 Å². The van der Waals surface area contributed by atoms with E-state index in [4.69, 9.17) is 21.1 Å². The molecule has 8 nitrogen and oxygen atoms in total. The highest BCUT2D eigenvalue weighted by atomic mass is 35.5. The quantitative estimate of drug-likeness (QED) is 0.564. The molecule has 2 N–H and O–H groups in total. The van der Waals surface area contributed by atoms with Gasteiger partial charge in [0.15, 0.2) is 0 Å². The Bertz CT molecular complexity index is 992. The normalized spacial score (nSPS) is 26.8. The van der Waals surface area contributed by atoms with Crippen molar-refractivity contribution in [1.82, 2.24) is 20.0 Å². The van der Waals surface area contributed by atoms with Crippen molar-refractivity contribution in [3.8, 4) is 10.7 Å². The van der Waals surface area contributed by atoms with E-state index in [1.807, 2.05) is 5.38 Å². The van der Waals surface area contributed by atoms with Crippen molar-refractivity contribution in [3.63, 3.8) is 0 Å². The van der Waals surface area contributed by atoms with Crippen LogP contribution in [-0.4, -0.2) is 67.7 Å². The van der Waals surface area contributed by atoms with Gasteiger partial charge in [-0.25, -0.2) is 14.1 Å². The number of hydrogen-bond donors (Lipinski definition) is 2. The average molecular weight is 473 g/mol. The van der Waals surface area contributed by atoms with E-state index in [9.17, 15) is 14.6 Å². The van der Waals surface area contributed by atoms with Crippen molar-refractivity contribution in [3.05, 3.63) is 46.8 Å². The molecule has 160 valence electrons. The molecular weight excluding hydrogens is 455 g/mol. The van der Waals surface area contributed by atoms with Crippen molar-refractivity contribution in [2.45, 2.75) is 34.7 Å². The maximum Gasteiger partial charge on any atom is 0.145 e. The summed E-state index contributed by atoms with van der Waals surface area (Å²) >= 11 is 8.47. The van der Waals surface area contributed by atoms with Crippen molar-refractivity contribution in [2.24, 2.45) is 0 Å². The smallest absolute Gasteiger partial charge is 0.145 e. The van der Waals surface area contributed by atoms with Gasteiger partial charge in [0, 0.05) is 28.6 Å². The Balaban J connectivity index is 1.66. The number of aliphatic hydroxyl groups excluding tert-OH is 2. The molecule has 0 bridgehead atoms. The van der Waals surface area contributed by atoms with E-state index in [-0.39, 0.29) is 4.90 Å². The highest BCUT2D eigenvalue weighted by molar-refractivity contribution is 7.99. The molecule has 2 aromatic heterocycles. The predicted octanol–water partition coefficient (Wildman–Crippen LogP) is 2.62. The molecule has 0 radical (unpaired) electrons. The SMILES string of the molecule is COC1[C@@H](Sc2cc(Cl)ccc2F)OC(CO)[C@H](O)[C@@H]1n1cc(-c2nccs2)nn1. The second-order valence-electron chi connectivity index (χ2n) is 6.52. The number of ether oxygens (including phenoxy) is 2. The van der Waals surface area contributed by atoms with E-state index in [0.717, 1.165) is 11.8 Å². The van der Waals surface area contributed by atoms with Crippen LogP contribution in [0.1, 0.15) is 6.04 Å². The van der Waals surface area contributed by atoms with E-state index >= 15 is 0 Å². The number of methoxy groups -OCH3 is 1. The Morgan fingerprint density at radius 1 is 1.43 bits per heavy atom. The molecule has 1 saturated heterocycles. The Labute approximate surface area is 184 Å². The van der Waals surface area contributed by atoms with Gasteiger partial charge in [-0.2, -0.15) is 0 Å². The van der Waals surface area contributed by atoms with E-state index in [0.29, 0.717) is 15.7 Å². The van der Waals surface area contributed by atoms with Crippen molar-refractivity contribution in [2.75, 3.05) is 13.7 Å².